The van der Waals surface area contributed by atoms with E-state index in [2.05, 4.69) is 36.2 Å². The molecule has 1 atom stereocenters. The number of rotatable bonds is 2. The van der Waals surface area contributed by atoms with Gasteiger partial charge < -0.3 is 5.32 Å². The van der Waals surface area contributed by atoms with Crippen molar-refractivity contribution in [2.24, 2.45) is 0 Å². The summed E-state index contributed by atoms with van der Waals surface area (Å²) in [6.45, 7) is 8.92. The molecule has 1 fully saturated rings. The minimum Gasteiger partial charge on any atom is -0.314 e. The van der Waals surface area contributed by atoms with Crippen LogP contribution in [0.3, 0.4) is 0 Å². The van der Waals surface area contributed by atoms with Gasteiger partial charge in [-0.25, -0.2) is 0 Å². The number of nitrogens with zero attached hydrogens (tertiary/aromatic N) is 1. The lowest BCUT2D eigenvalue weighted by Crippen LogP contribution is -2.49. The van der Waals surface area contributed by atoms with E-state index in [1.54, 1.807) is 0 Å². The van der Waals surface area contributed by atoms with Crippen molar-refractivity contribution in [1.82, 2.24) is 10.2 Å². The number of piperazine rings is 1. The third kappa shape index (κ3) is 3.57. The minimum atomic E-state index is 0. The second kappa shape index (κ2) is 6.46. The fraction of sp³-hybridized carbons (Fsp3) is 0.778. The Kier molecular flexibility index (Phi) is 6.44. The van der Waals surface area contributed by atoms with Crippen molar-refractivity contribution in [2.75, 3.05) is 26.2 Å². The smallest absolute Gasteiger partial charge is 0.0196 e. The van der Waals surface area contributed by atoms with E-state index in [0.717, 1.165) is 19.6 Å². The molecule has 0 aromatic heterocycles. The molecule has 1 aliphatic rings. The molecule has 0 saturated carbocycles. The van der Waals surface area contributed by atoms with Crippen molar-refractivity contribution in [1.29, 1.82) is 0 Å². The maximum absolute atomic E-state index is 3.38. The molecule has 12 heavy (non-hydrogen) atoms. The van der Waals surface area contributed by atoms with Gasteiger partial charge in [0.1, 0.15) is 0 Å². The molecular weight excluding hydrogens is 172 g/mol. The van der Waals surface area contributed by atoms with Crippen molar-refractivity contribution < 1.29 is 0 Å². The van der Waals surface area contributed by atoms with E-state index in [1.165, 1.54) is 6.54 Å². The third-order valence-corrected chi connectivity index (χ3v) is 2.21. The first-order chi connectivity index (χ1) is 5.34. The molecule has 0 bridgehead atoms. The van der Waals surface area contributed by atoms with Crippen LogP contribution in [0.2, 0.25) is 0 Å². The van der Waals surface area contributed by atoms with Gasteiger partial charge in [-0.05, 0) is 13.8 Å². The van der Waals surface area contributed by atoms with Crippen LogP contribution in [0.4, 0.5) is 0 Å². The monoisotopic (exact) mass is 190 g/mol. The Morgan fingerprint density at radius 2 is 2.33 bits per heavy atom. The maximum atomic E-state index is 3.38. The molecule has 0 aromatic rings. The van der Waals surface area contributed by atoms with E-state index >= 15 is 0 Å². The Morgan fingerprint density at radius 3 is 2.92 bits per heavy atom. The van der Waals surface area contributed by atoms with Crippen molar-refractivity contribution in [3.05, 3.63) is 12.2 Å². The SMILES string of the molecule is CC=CCN1CCNC[C@H]1C.Cl. The van der Waals surface area contributed by atoms with Crippen LogP contribution >= 0.6 is 12.4 Å². The molecule has 1 N–H and O–H groups in total. The van der Waals surface area contributed by atoms with Crippen LogP contribution in [0.15, 0.2) is 12.2 Å². The number of nitrogens with one attached hydrogen (secondary N) is 1. The Hall–Kier alpha value is -0.0500. The Bertz CT molecular complexity index is 136. The summed E-state index contributed by atoms with van der Waals surface area (Å²) in [6.07, 6.45) is 4.34. The Labute approximate surface area is 81.4 Å². The van der Waals surface area contributed by atoms with E-state index in [0.29, 0.717) is 6.04 Å². The standard InChI is InChI=1S/C9H18N2.ClH/c1-3-4-6-11-7-5-10-8-9(11)2;/h3-4,9-10H,5-8H2,1-2H3;1H/t9-;/m1./s1. The third-order valence-electron chi connectivity index (χ3n) is 2.21. The molecule has 1 saturated heterocycles. The summed E-state index contributed by atoms with van der Waals surface area (Å²) in [5.41, 5.74) is 0. The summed E-state index contributed by atoms with van der Waals surface area (Å²) in [4.78, 5) is 2.50. The molecular formula is C9H19ClN2. The number of hydrogen-bond donors (Lipinski definition) is 1. The van der Waals surface area contributed by atoms with Gasteiger partial charge >= 0.3 is 0 Å². The van der Waals surface area contributed by atoms with Gasteiger partial charge in [-0.3, -0.25) is 4.90 Å². The van der Waals surface area contributed by atoms with Crippen LogP contribution < -0.4 is 5.32 Å². The molecule has 0 amide bonds. The first kappa shape index (κ1) is 11.9. The van der Waals surface area contributed by atoms with Crippen LogP contribution in [-0.2, 0) is 0 Å². The molecule has 0 radical (unpaired) electrons. The van der Waals surface area contributed by atoms with Crippen LogP contribution in [0.5, 0.6) is 0 Å². The first-order valence-corrected chi connectivity index (χ1v) is 4.40. The summed E-state index contributed by atoms with van der Waals surface area (Å²) in [7, 11) is 0. The van der Waals surface area contributed by atoms with Crippen molar-refractivity contribution in [3.8, 4) is 0 Å². The Balaban J connectivity index is 0.00000121. The molecule has 2 nitrogen and oxygen atoms in total. The molecule has 1 aliphatic heterocycles. The van der Waals surface area contributed by atoms with Gasteiger partial charge in [0.05, 0.1) is 0 Å². The molecule has 72 valence electrons. The lowest BCUT2D eigenvalue weighted by molar-refractivity contribution is 0.192. The van der Waals surface area contributed by atoms with Gasteiger partial charge in [-0.15, -0.1) is 12.4 Å². The average Bonchev–Trinajstić information content (AvgIpc) is 2.03. The van der Waals surface area contributed by atoms with E-state index in [1.807, 2.05) is 0 Å². The average molecular weight is 191 g/mol. The van der Waals surface area contributed by atoms with E-state index in [4.69, 9.17) is 0 Å². The fourth-order valence-corrected chi connectivity index (χ4v) is 1.40. The zero-order valence-corrected chi connectivity index (χ0v) is 8.73. The molecule has 3 heteroatoms. The molecule has 0 aromatic carbocycles. The van der Waals surface area contributed by atoms with E-state index in [9.17, 15) is 0 Å². The summed E-state index contributed by atoms with van der Waals surface area (Å²) in [6, 6.07) is 0.694. The summed E-state index contributed by atoms with van der Waals surface area (Å²) < 4.78 is 0. The van der Waals surface area contributed by atoms with Crippen molar-refractivity contribution >= 4 is 12.4 Å². The van der Waals surface area contributed by atoms with Crippen LogP contribution in [0.25, 0.3) is 0 Å². The lowest BCUT2D eigenvalue weighted by atomic mass is 10.2. The number of hydrogen-bond acceptors (Lipinski definition) is 2. The second-order valence-electron chi connectivity index (χ2n) is 3.12. The highest BCUT2D eigenvalue weighted by Gasteiger charge is 2.15. The second-order valence-corrected chi connectivity index (χ2v) is 3.12. The number of allylic oxidation sites excluding steroid dienone is 1. The molecule has 0 unspecified atom stereocenters. The topological polar surface area (TPSA) is 15.3 Å². The highest BCUT2D eigenvalue weighted by molar-refractivity contribution is 5.85. The molecule has 0 spiro atoms. The van der Waals surface area contributed by atoms with Gasteiger partial charge in [-0.1, -0.05) is 12.2 Å². The lowest BCUT2D eigenvalue weighted by Gasteiger charge is -2.32. The first-order valence-electron chi connectivity index (χ1n) is 4.40. The normalized spacial score (nSPS) is 25.7. The van der Waals surface area contributed by atoms with Gasteiger partial charge in [0, 0.05) is 32.2 Å². The highest BCUT2D eigenvalue weighted by atomic mass is 35.5. The van der Waals surface area contributed by atoms with E-state index in [-0.39, 0.29) is 12.4 Å². The summed E-state index contributed by atoms with van der Waals surface area (Å²) >= 11 is 0. The van der Waals surface area contributed by atoms with Gasteiger partial charge in [-0.2, -0.15) is 0 Å². The van der Waals surface area contributed by atoms with Crippen molar-refractivity contribution in [3.63, 3.8) is 0 Å². The fourth-order valence-electron chi connectivity index (χ4n) is 1.40. The predicted octanol–water partition coefficient (Wildman–Crippen LogP) is 1.28. The highest BCUT2D eigenvalue weighted by Crippen LogP contribution is 2.01. The minimum absolute atomic E-state index is 0. The predicted molar refractivity (Wildman–Crippen MR) is 56.0 cm³/mol. The molecule has 1 heterocycles. The zero-order chi connectivity index (χ0) is 8.10. The molecule has 1 rings (SSSR count). The zero-order valence-electron chi connectivity index (χ0n) is 7.92. The van der Waals surface area contributed by atoms with Crippen LogP contribution in [0, 0.1) is 0 Å². The van der Waals surface area contributed by atoms with Crippen molar-refractivity contribution in [2.45, 2.75) is 19.9 Å². The number of halogens is 1. The molecule has 0 aliphatic carbocycles. The largest absolute Gasteiger partial charge is 0.314 e. The summed E-state index contributed by atoms with van der Waals surface area (Å²) in [5.74, 6) is 0. The quantitative estimate of drug-likeness (QED) is 0.661. The maximum Gasteiger partial charge on any atom is 0.0196 e. The van der Waals surface area contributed by atoms with Gasteiger partial charge in [0.2, 0.25) is 0 Å². The van der Waals surface area contributed by atoms with Crippen LogP contribution in [-0.4, -0.2) is 37.1 Å². The summed E-state index contributed by atoms with van der Waals surface area (Å²) in [5, 5.41) is 3.38. The van der Waals surface area contributed by atoms with Crippen LogP contribution in [0.1, 0.15) is 13.8 Å². The Morgan fingerprint density at radius 1 is 1.58 bits per heavy atom. The van der Waals surface area contributed by atoms with Gasteiger partial charge in [0.15, 0.2) is 0 Å². The van der Waals surface area contributed by atoms with E-state index < -0.39 is 0 Å². The van der Waals surface area contributed by atoms with Gasteiger partial charge in [0.25, 0.3) is 0 Å².